The molecule has 0 amide bonds. The van der Waals surface area contributed by atoms with E-state index in [2.05, 4.69) is 5.10 Å². The lowest BCUT2D eigenvalue weighted by Gasteiger charge is -2.28. The number of halogens is 1. The van der Waals surface area contributed by atoms with E-state index in [1.807, 2.05) is 25.1 Å². The highest BCUT2D eigenvalue weighted by Gasteiger charge is 2.33. The maximum atomic E-state index is 14.1. The number of aromatic nitrogens is 2. The molecule has 126 valence electrons. The second kappa shape index (κ2) is 6.99. The molecule has 0 aliphatic carbocycles. The van der Waals surface area contributed by atoms with E-state index < -0.39 is 0 Å². The van der Waals surface area contributed by atoms with Gasteiger partial charge in [-0.2, -0.15) is 10.4 Å². The Bertz CT molecular complexity index is 755. The first-order chi connectivity index (χ1) is 11.6. The van der Waals surface area contributed by atoms with Crippen molar-refractivity contribution in [3.63, 3.8) is 0 Å². The van der Waals surface area contributed by atoms with Crippen LogP contribution in [0.3, 0.4) is 0 Å². The van der Waals surface area contributed by atoms with Crippen LogP contribution < -0.4 is 4.74 Å². The lowest BCUT2D eigenvalue weighted by atomic mass is 10.1. The average Bonchev–Trinajstić information content (AvgIpc) is 3.18. The Morgan fingerprint density at radius 3 is 3.00 bits per heavy atom. The highest BCUT2D eigenvalue weighted by molar-refractivity contribution is 5.32. The lowest BCUT2D eigenvalue weighted by molar-refractivity contribution is 0.112. The SMILES string of the molecule is CN(Cc1ccc(C#N)cc1F)[C@H]1COC[C@H]1Oc1cnn(C)c1. The second-order valence-electron chi connectivity index (χ2n) is 5.94. The summed E-state index contributed by atoms with van der Waals surface area (Å²) in [5.41, 5.74) is 0.865. The Labute approximate surface area is 140 Å². The quantitative estimate of drug-likeness (QED) is 0.835. The largest absolute Gasteiger partial charge is 0.483 e. The molecule has 6 nitrogen and oxygen atoms in total. The molecule has 24 heavy (non-hydrogen) atoms. The van der Waals surface area contributed by atoms with Crippen molar-refractivity contribution in [1.82, 2.24) is 14.7 Å². The highest BCUT2D eigenvalue weighted by Crippen LogP contribution is 2.21. The van der Waals surface area contributed by atoms with Crippen LogP contribution in [0.1, 0.15) is 11.1 Å². The van der Waals surface area contributed by atoms with E-state index in [0.29, 0.717) is 36.6 Å². The van der Waals surface area contributed by atoms with Crippen LogP contribution in [0.15, 0.2) is 30.6 Å². The fraction of sp³-hybridized carbons (Fsp3) is 0.412. The number of rotatable bonds is 5. The van der Waals surface area contributed by atoms with Gasteiger partial charge in [0, 0.05) is 19.2 Å². The average molecular weight is 330 g/mol. The van der Waals surface area contributed by atoms with Gasteiger partial charge in [0.05, 0.1) is 43.3 Å². The molecule has 7 heteroatoms. The van der Waals surface area contributed by atoms with Crippen LogP contribution in [0.25, 0.3) is 0 Å². The summed E-state index contributed by atoms with van der Waals surface area (Å²) >= 11 is 0. The molecule has 0 N–H and O–H groups in total. The van der Waals surface area contributed by atoms with E-state index in [0.717, 1.165) is 0 Å². The summed E-state index contributed by atoms with van der Waals surface area (Å²) in [4.78, 5) is 2.01. The molecule has 0 unspecified atom stereocenters. The Morgan fingerprint density at radius 1 is 1.50 bits per heavy atom. The molecule has 2 aromatic rings. The molecule has 0 spiro atoms. The predicted octanol–water partition coefficient (Wildman–Crippen LogP) is 1.71. The van der Waals surface area contributed by atoms with Gasteiger partial charge in [0.25, 0.3) is 0 Å². The molecule has 1 saturated heterocycles. The van der Waals surface area contributed by atoms with Crippen molar-refractivity contribution in [3.05, 3.63) is 47.5 Å². The molecule has 1 aliphatic heterocycles. The maximum absolute atomic E-state index is 14.1. The number of likely N-dealkylation sites (N-methyl/N-ethyl adjacent to an activating group) is 1. The molecular formula is C17H19FN4O2. The summed E-state index contributed by atoms with van der Waals surface area (Å²) in [6.07, 6.45) is 3.33. The predicted molar refractivity (Wildman–Crippen MR) is 84.8 cm³/mol. The first-order valence-electron chi connectivity index (χ1n) is 7.68. The molecule has 1 aromatic carbocycles. The first-order valence-corrected chi connectivity index (χ1v) is 7.68. The van der Waals surface area contributed by atoms with Crippen molar-refractivity contribution >= 4 is 0 Å². The van der Waals surface area contributed by atoms with Crippen molar-refractivity contribution in [1.29, 1.82) is 5.26 Å². The van der Waals surface area contributed by atoms with Crippen LogP contribution >= 0.6 is 0 Å². The van der Waals surface area contributed by atoms with E-state index in [1.54, 1.807) is 29.2 Å². The van der Waals surface area contributed by atoms with Crippen LogP contribution in [-0.4, -0.2) is 47.1 Å². The van der Waals surface area contributed by atoms with Gasteiger partial charge in [0.2, 0.25) is 0 Å². The number of hydrogen-bond acceptors (Lipinski definition) is 5. The molecule has 1 aromatic heterocycles. The summed E-state index contributed by atoms with van der Waals surface area (Å²) in [7, 11) is 3.74. The number of aryl methyl sites for hydroxylation is 1. The van der Waals surface area contributed by atoms with Crippen molar-refractivity contribution in [2.45, 2.75) is 18.7 Å². The summed E-state index contributed by atoms with van der Waals surface area (Å²) in [5, 5.41) is 12.9. The van der Waals surface area contributed by atoms with E-state index in [1.165, 1.54) is 6.07 Å². The summed E-state index contributed by atoms with van der Waals surface area (Å²) in [6, 6.07) is 6.49. The third-order valence-corrected chi connectivity index (χ3v) is 4.14. The number of nitrogens with zero attached hydrogens (tertiary/aromatic N) is 4. The molecule has 0 saturated carbocycles. The van der Waals surface area contributed by atoms with Gasteiger partial charge in [-0.25, -0.2) is 4.39 Å². The van der Waals surface area contributed by atoms with Crippen molar-refractivity contribution in [2.75, 3.05) is 20.3 Å². The summed E-state index contributed by atoms with van der Waals surface area (Å²) in [5.74, 6) is 0.320. The van der Waals surface area contributed by atoms with Crippen LogP contribution in [0.4, 0.5) is 4.39 Å². The minimum atomic E-state index is -0.371. The topological polar surface area (TPSA) is 63.3 Å². The molecule has 0 bridgehead atoms. The van der Waals surface area contributed by atoms with Crippen molar-refractivity contribution < 1.29 is 13.9 Å². The van der Waals surface area contributed by atoms with Gasteiger partial charge < -0.3 is 9.47 Å². The summed E-state index contributed by atoms with van der Waals surface area (Å²) in [6.45, 7) is 1.43. The zero-order valence-corrected chi connectivity index (χ0v) is 13.6. The van der Waals surface area contributed by atoms with Gasteiger partial charge in [-0.15, -0.1) is 0 Å². The standard InChI is InChI=1S/C17H19FN4O2/c1-21(8-13-4-3-12(6-19)5-15(13)18)16-10-23-11-17(16)24-14-7-20-22(2)9-14/h3-5,7,9,16-17H,8,10-11H2,1-2H3/t16-,17+/m0/s1. The Balaban J connectivity index is 1.67. The van der Waals surface area contributed by atoms with Gasteiger partial charge in [-0.3, -0.25) is 9.58 Å². The van der Waals surface area contributed by atoms with Gasteiger partial charge in [-0.05, 0) is 19.2 Å². The fourth-order valence-electron chi connectivity index (χ4n) is 2.81. The van der Waals surface area contributed by atoms with Crippen molar-refractivity contribution in [2.24, 2.45) is 7.05 Å². The highest BCUT2D eigenvalue weighted by atomic mass is 19.1. The lowest BCUT2D eigenvalue weighted by Crippen LogP contribution is -2.43. The Hall–Kier alpha value is -2.43. The Kier molecular flexibility index (Phi) is 4.79. The first kappa shape index (κ1) is 16.4. The third kappa shape index (κ3) is 3.55. The van der Waals surface area contributed by atoms with E-state index in [9.17, 15) is 4.39 Å². The number of ether oxygens (including phenoxy) is 2. The smallest absolute Gasteiger partial charge is 0.157 e. The van der Waals surface area contributed by atoms with Crippen LogP contribution in [0.5, 0.6) is 5.75 Å². The second-order valence-corrected chi connectivity index (χ2v) is 5.94. The van der Waals surface area contributed by atoms with Gasteiger partial charge in [-0.1, -0.05) is 6.07 Å². The van der Waals surface area contributed by atoms with E-state index >= 15 is 0 Å². The van der Waals surface area contributed by atoms with Gasteiger partial charge >= 0.3 is 0 Å². The van der Waals surface area contributed by atoms with Gasteiger partial charge in [0.1, 0.15) is 11.9 Å². The molecular weight excluding hydrogens is 311 g/mol. The monoisotopic (exact) mass is 330 g/mol. The molecule has 2 atom stereocenters. The summed E-state index contributed by atoms with van der Waals surface area (Å²) < 4.78 is 27.2. The molecule has 1 fully saturated rings. The number of benzene rings is 1. The minimum Gasteiger partial charge on any atom is -0.483 e. The minimum absolute atomic E-state index is 0.0141. The number of nitriles is 1. The molecule has 3 rings (SSSR count). The zero-order chi connectivity index (χ0) is 17.1. The fourth-order valence-corrected chi connectivity index (χ4v) is 2.81. The Morgan fingerprint density at radius 2 is 2.33 bits per heavy atom. The maximum Gasteiger partial charge on any atom is 0.157 e. The normalized spacial score (nSPS) is 20.3. The van der Waals surface area contributed by atoms with E-state index in [4.69, 9.17) is 14.7 Å². The third-order valence-electron chi connectivity index (χ3n) is 4.14. The van der Waals surface area contributed by atoms with Crippen molar-refractivity contribution in [3.8, 4) is 11.8 Å². The zero-order valence-electron chi connectivity index (χ0n) is 13.6. The van der Waals surface area contributed by atoms with Gasteiger partial charge in [0.15, 0.2) is 5.75 Å². The molecule has 2 heterocycles. The number of hydrogen-bond donors (Lipinski definition) is 0. The van der Waals surface area contributed by atoms with E-state index in [-0.39, 0.29) is 18.0 Å². The van der Waals surface area contributed by atoms with Crippen LogP contribution in [0.2, 0.25) is 0 Å². The van der Waals surface area contributed by atoms with Crippen LogP contribution in [-0.2, 0) is 18.3 Å². The van der Waals surface area contributed by atoms with Crippen LogP contribution in [0, 0.1) is 17.1 Å². The molecule has 1 aliphatic rings. The molecule has 0 radical (unpaired) electrons.